The zero-order valence-electron chi connectivity index (χ0n) is 10.1. The van der Waals surface area contributed by atoms with Crippen molar-refractivity contribution in [2.45, 2.75) is 13.1 Å². The first-order valence-electron chi connectivity index (χ1n) is 5.94. The molecule has 1 aromatic carbocycles. The SMILES string of the molecule is O=C(O)N1CCn2nc(-c3ccc(F)cc3)cc2C1. The van der Waals surface area contributed by atoms with Crippen LogP contribution in [0.15, 0.2) is 30.3 Å². The molecule has 2 heterocycles. The summed E-state index contributed by atoms with van der Waals surface area (Å²) in [7, 11) is 0. The summed E-state index contributed by atoms with van der Waals surface area (Å²) in [6, 6.07) is 7.95. The van der Waals surface area contributed by atoms with Crippen molar-refractivity contribution in [1.82, 2.24) is 14.7 Å². The Balaban J connectivity index is 1.91. The number of hydrogen-bond donors (Lipinski definition) is 1. The second-order valence-corrected chi connectivity index (χ2v) is 4.46. The van der Waals surface area contributed by atoms with Crippen LogP contribution in [0.1, 0.15) is 5.69 Å². The first-order valence-corrected chi connectivity index (χ1v) is 5.94. The van der Waals surface area contributed by atoms with E-state index in [0.29, 0.717) is 19.6 Å². The highest BCUT2D eigenvalue weighted by Crippen LogP contribution is 2.22. The smallest absolute Gasteiger partial charge is 0.407 e. The molecule has 98 valence electrons. The Bertz CT molecular complexity index is 621. The van der Waals surface area contributed by atoms with Crippen molar-refractivity contribution in [3.63, 3.8) is 0 Å². The minimum atomic E-state index is -0.921. The van der Waals surface area contributed by atoms with Crippen molar-refractivity contribution in [3.8, 4) is 11.3 Å². The van der Waals surface area contributed by atoms with Crippen LogP contribution < -0.4 is 0 Å². The maximum atomic E-state index is 12.9. The number of aromatic nitrogens is 2. The van der Waals surface area contributed by atoms with Gasteiger partial charge in [0.15, 0.2) is 0 Å². The van der Waals surface area contributed by atoms with Gasteiger partial charge in [0.25, 0.3) is 0 Å². The van der Waals surface area contributed by atoms with E-state index in [4.69, 9.17) is 5.11 Å². The minimum absolute atomic E-state index is 0.287. The monoisotopic (exact) mass is 261 g/mol. The molecule has 6 heteroatoms. The number of carboxylic acid groups (broad SMARTS) is 1. The molecule has 0 bridgehead atoms. The Kier molecular flexibility index (Phi) is 2.70. The van der Waals surface area contributed by atoms with E-state index in [1.165, 1.54) is 17.0 Å². The molecule has 1 amide bonds. The number of nitrogens with zero attached hydrogens (tertiary/aromatic N) is 3. The fourth-order valence-corrected chi connectivity index (χ4v) is 2.19. The molecule has 19 heavy (non-hydrogen) atoms. The molecule has 0 atom stereocenters. The molecule has 0 unspecified atom stereocenters. The second-order valence-electron chi connectivity index (χ2n) is 4.46. The molecule has 3 rings (SSSR count). The van der Waals surface area contributed by atoms with E-state index in [9.17, 15) is 9.18 Å². The van der Waals surface area contributed by atoms with Crippen molar-refractivity contribution < 1.29 is 14.3 Å². The van der Waals surface area contributed by atoms with E-state index in [1.807, 2.05) is 6.07 Å². The van der Waals surface area contributed by atoms with Gasteiger partial charge in [-0.15, -0.1) is 0 Å². The van der Waals surface area contributed by atoms with Crippen LogP contribution in [0.25, 0.3) is 11.3 Å². The molecule has 1 aliphatic heterocycles. The van der Waals surface area contributed by atoms with Gasteiger partial charge in [0, 0.05) is 12.1 Å². The number of carbonyl (C=O) groups is 1. The van der Waals surface area contributed by atoms with Crippen LogP contribution in [0, 0.1) is 5.82 Å². The van der Waals surface area contributed by atoms with Crippen molar-refractivity contribution >= 4 is 6.09 Å². The summed E-state index contributed by atoms with van der Waals surface area (Å²) in [5.74, 6) is -0.287. The molecule has 0 aliphatic carbocycles. The number of benzene rings is 1. The average Bonchev–Trinajstić information content (AvgIpc) is 2.82. The first-order chi connectivity index (χ1) is 9.13. The van der Waals surface area contributed by atoms with Crippen LogP contribution in [0.3, 0.4) is 0 Å². The van der Waals surface area contributed by atoms with Crippen LogP contribution in [0.4, 0.5) is 9.18 Å². The summed E-state index contributed by atoms with van der Waals surface area (Å²) < 4.78 is 14.7. The molecule has 1 aliphatic rings. The van der Waals surface area contributed by atoms with Gasteiger partial charge in [-0.2, -0.15) is 5.10 Å². The van der Waals surface area contributed by atoms with Crippen molar-refractivity contribution in [1.29, 1.82) is 0 Å². The number of hydrogen-bond acceptors (Lipinski definition) is 2. The Morgan fingerprint density at radius 3 is 2.68 bits per heavy atom. The minimum Gasteiger partial charge on any atom is -0.465 e. The standard InChI is InChI=1S/C13H12FN3O2/c14-10-3-1-9(2-4-10)12-7-11-8-16(13(18)19)5-6-17(11)15-12/h1-4,7H,5-6,8H2,(H,18,19). The largest absolute Gasteiger partial charge is 0.465 e. The van der Waals surface area contributed by atoms with Gasteiger partial charge in [-0.1, -0.05) is 0 Å². The molecule has 5 nitrogen and oxygen atoms in total. The molecule has 0 spiro atoms. The molecule has 0 fully saturated rings. The van der Waals surface area contributed by atoms with Gasteiger partial charge in [0.05, 0.1) is 24.5 Å². The van der Waals surface area contributed by atoms with Gasteiger partial charge in [-0.25, -0.2) is 9.18 Å². The Hall–Kier alpha value is -2.37. The van der Waals surface area contributed by atoms with Crippen molar-refractivity contribution in [2.75, 3.05) is 6.54 Å². The fourth-order valence-electron chi connectivity index (χ4n) is 2.19. The lowest BCUT2D eigenvalue weighted by molar-refractivity contribution is 0.131. The molecular formula is C13H12FN3O2. The Morgan fingerprint density at radius 1 is 1.26 bits per heavy atom. The normalized spacial score (nSPS) is 14.3. The number of rotatable bonds is 1. The molecule has 0 saturated heterocycles. The number of halogens is 1. The quantitative estimate of drug-likeness (QED) is 0.856. The van der Waals surface area contributed by atoms with E-state index in [-0.39, 0.29) is 5.82 Å². The lowest BCUT2D eigenvalue weighted by atomic mass is 10.1. The molecule has 2 aromatic rings. The van der Waals surface area contributed by atoms with Gasteiger partial charge < -0.3 is 10.0 Å². The highest BCUT2D eigenvalue weighted by atomic mass is 19.1. The van der Waals surface area contributed by atoms with Gasteiger partial charge in [0.1, 0.15) is 5.82 Å². The summed E-state index contributed by atoms with van der Waals surface area (Å²) >= 11 is 0. The highest BCUT2D eigenvalue weighted by molar-refractivity contribution is 5.65. The van der Waals surface area contributed by atoms with Gasteiger partial charge in [0.2, 0.25) is 0 Å². The van der Waals surface area contributed by atoms with Crippen LogP contribution in [0.2, 0.25) is 0 Å². The molecule has 1 N–H and O–H groups in total. The van der Waals surface area contributed by atoms with Crippen LogP contribution >= 0.6 is 0 Å². The average molecular weight is 261 g/mol. The zero-order valence-corrected chi connectivity index (χ0v) is 10.1. The van der Waals surface area contributed by atoms with Crippen LogP contribution in [-0.4, -0.2) is 32.4 Å². The van der Waals surface area contributed by atoms with E-state index in [1.54, 1.807) is 16.8 Å². The van der Waals surface area contributed by atoms with Gasteiger partial charge in [-0.05, 0) is 30.3 Å². The molecule has 0 saturated carbocycles. The zero-order chi connectivity index (χ0) is 13.4. The first kappa shape index (κ1) is 11.7. The predicted octanol–water partition coefficient (Wildman–Crippen LogP) is 2.18. The Labute approximate surface area is 108 Å². The fraction of sp³-hybridized carbons (Fsp3) is 0.231. The maximum absolute atomic E-state index is 12.9. The topological polar surface area (TPSA) is 58.4 Å². The third-order valence-electron chi connectivity index (χ3n) is 3.21. The van der Waals surface area contributed by atoms with Crippen LogP contribution in [-0.2, 0) is 13.1 Å². The molecular weight excluding hydrogens is 249 g/mol. The third-order valence-corrected chi connectivity index (χ3v) is 3.21. The predicted molar refractivity (Wildman–Crippen MR) is 66.1 cm³/mol. The van der Waals surface area contributed by atoms with E-state index >= 15 is 0 Å². The lowest BCUT2D eigenvalue weighted by Crippen LogP contribution is -2.37. The van der Waals surface area contributed by atoms with E-state index in [0.717, 1.165) is 17.0 Å². The number of fused-ring (bicyclic) bond motifs is 1. The molecule has 1 aromatic heterocycles. The van der Waals surface area contributed by atoms with E-state index < -0.39 is 6.09 Å². The maximum Gasteiger partial charge on any atom is 0.407 e. The summed E-state index contributed by atoms with van der Waals surface area (Å²) in [5, 5.41) is 13.4. The van der Waals surface area contributed by atoms with Crippen molar-refractivity contribution in [2.24, 2.45) is 0 Å². The van der Waals surface area contributed by atoms with Gasteiger partial charge >= 0.3 is 6.09 Å². The second kappa shape index (κ2) is 4.38. The summed E-state index contributed by atoms with van der Waals surface area (Å²) in [6.07, 6.45) is -0.921. The van der Waals surface area contributed by atoms with E-state index in [2.05, 4.69) is 5.10 Å². The molecule has 0 radical (unpaired) electrons. The summed E-state index contributed by atoms with van der Waals surface area (Å²) in [6.45, 7) is 1.32. The highest BCUT2D eigenvalue weighted by Gasteiger charge is 2.21. The van der Waals surface area contributed by atoms with Crippen LogP contribution in [0.5, 0.6) is 0 Å². The number of amides is 1. The third kappa shape index (κ3) is 2.16. The van der Waals surface area contributed by atoms with Gasteiger partial charge in [-0.3, -0.25) is 4.68 Å². The van der Waals surface area contributed by atoms with Crippen molar-refractivity contribution in [3.05, 3.63) is 41.8 Å². The summed E-state index contributed by atoms with van der Waals surface area (Å²) in [5.41, 5.74) is 2.42. The summed E-state index contributed by atoms with van der Waals surface area (Å²) in [4.78, 5) is 12.3. The lowest BCUT2D eigenvalue weighted by Gasteiger charge is -2.24. The Morgan fingerprint density at radius 2 is 2.00 bits per heavy atom.